The van der Waals surface area contributed by atoms with E-state index in [2.05, 4.69) is 35.4 Å². The zero-order valence-corrected chi connectivity index (χ0v) is 30.3. The van der Waals surface area contributed by atoms with Crippen molar-refractivity contribution >= 4 is 22.3 Å². The molecule has 5 aromatic rings. The first-order valence-electron chi connectivity index (χ1n) is 18.5. The summed E-state index contributed by atoms with van der Waals surface area (Å²) in [5.41, 5.74) is 10.9. The number of aryl methyl sites for hydroxylation is 2. The van der Waals surface area contributed by atoms with Gasteiger partial charge in [-0.2, -0.15) is 0 Å². The van der Waals surface area contributed by atoms with E-state index in [-0.39, 0.29) is 41.6 Å². The van der Waals surface area contributed by atoms with E-state index in [1.54, 1.807) is 24.7 Å². The number of alkyl halides is 2. The molecule has 2 atom stereocenters. The van der Waals surface area contributed by atoms with Crippen LogP contribution < -0.4 is 21.0 Å². The van der Waals surface area contributed by atoms with Crippen LogP contribution in [-0.4, -0.2) is 68.6 Å². The van der Waals surface area contributed by atoms with Crippen LogP contribution in [0.15, 0.2) is 90.4 Å². The van der Waals surface area contributed by atoms with Gasteiger partial charge >= 0.3 is 0 Å². The van der Waals surface area contributed by atoms with Gasteiger partial charge in [0.1, 0.15) is 5.82 Å². The Balaban J connectivity index is 0.000000559. The van der Waals surface area contributed by atoms with Gasteiger partial charge in [-0.05, 0) is 100 Å². The van der Waals surface area contributed by atoms with Crippen molar-refractivity contribution in [1.82, 2.24) is 24.4 Å². The van der Waals surface area contributed by atoms with E-state index in [1.807, 2.05) is 62.6 Å². The summed E-state index contributed by atoms with van der Waals surface area (Å²) in [5.74, 6) is -3.79. The van der Waals surface area contributed by atoms with Gasteiger partial charge in [0.15, 0.2) is 5.43 Å². The van der Waals surface area contributed by atoms with Crippen LogP contribution >= 0.6 is 0 Å². The summed E-state index contributed by atoms with van der Waals surface area (Å²) in [7, 11) is 0. The van der Waals surface area contributed by atoms with Gasteiger partial charge < -0.3 is 20.1 Å². The summed E-state index contributed by atoms with van der Waals surface area (Å²) in [4.78, 5) is 32.9. The molecule has 9 nitrogen and oxygen atoms in total. The molecule has 53 heavy (non-hydrogen) atoms. The lowest BCUT2D eigenvalue weighted by atomic mass is 10.00. The van der Waals surface area contributed by atoms with Crippen molar-refractivity contribution < 1.29 is 13.2 Å². The lowest BCUT2D eigenvalue weighted by Gasteiger charge is -2.40. The lowest BCUT2D eigenvalue weighted by Crippen LogP contribution is -2.55. The topological polar surface area (TPSA) is 96.4 Å². The minimum absolute atomic E-state index is 0.0607. The Morgan fingerprint density at radius 3 is 2.36 bits per heavy atom. The van der Waals surface area contributed by atoms with Gasteiger partial charge in [0.05, 0.1) is 35.7 Å². The van der Waals surface area contributed by atoms with Gasteiger partial charge in [0.2, 0.25) is 0 Å². The number of halogens is 3. The van der Waals surface area contributed by atoms with Crippen molar-refractivity contribution in [1.29, 1.82) is 0 Å². The largest absolute Gasteiger partial charge is 0.369 e. The molecule has 4 aromatic heterocycles. The number of benzene rings is 1. The number of hydrogen-bond donors (Lipinski definition) is 1. The van der Waals surface area contributed by atoms with E-state index in [4.69, 9.17) is 5.73 Å². The second-order valence-corrected chi connectivity index (χ2v) is 14.7. The van der Waals surface area contributed by atoms with Crippen molar-refractivity contribution in [3.8, 4) is 0 Å². The maximum absolute atomic E-state index is 15.7. The number of anilines is 2. The first kappa shape index (κ1) is 36.5. The second kappa shape index (κ2) is 15.7. The van der Waals surface area contributed by atoms with Gasteiger partial charge in [-0.1, -0.05) is 6.07 Å². The van der Waals surface area contributed by atoms with Crippen LogP contribution in [0.4, 0.5) is 24.5 Å². The molecule has 0 spiro atoms. The number of nitrogens with zero attached hydrogens (tertiary/aromatic N) is 7. The van der Waals surface area contributed by atoms with Gasteiger partial charge in [0, 0.05) is 91.9 Å². The van der Waals surface area contributed by atoms with E-state index < -0.39 is 24.3 Å². The van der Waals surface area contributed by atoms with Crippen LogP contribution in [0.1, 0.15) is 60.7 Å². The monoisotopic (exact) mass is 724 g/mol. The first-order valence-corrected chi connectivity index (χ1v) is 18.5. The van der Waals surface area contributed by atoms with Crippen LogP contribution in [0.3, 0.4) is 0 Å². The highest BCUT2D eigenvalue weighted by molar-refractivity contribution is 5.84. The van der Waals surface area contributed by atoms with E-state index in [0.29, 0.717) is 24.2 Å². The average molecular weight is 725 g/mol. The van der Waals surface area contributed by atoms with Gasteiger partial charge in [-0.15, -0.1) is 0 Å². The summed E-state index contributed by atoms with van der Waals surface area (Å²) in [5, 5.41) is 0.283. The standard InChI is InChI=1S/C35H40F3N7O.C6H7N/c1-23-4-5-27(17-41-23)42-13-2-3-28(21-42)44(18-24-8-11-40-12-9-24)19-25-20-45(26-6-7-26)31-16-32(30(36)15-29(31)34(25)46)43-14-10-33(39)35(37,38)22-43;1-6-4-2-3-5-7-6/h4-5,8-9,11-12,15-17,20,26,28,33H,2-3,6-7,10,13-14,18-19,21-22,39H2,1H3;2-5H,1H3/t28-,33-;/m0./s1. The summed E-state index contributed by atoms with van der Waals surface area (Å²) >= 11 is 0. The third-order valence-corrected chi connectivity index (χ3v) is 10.6. The molecular weight excluding hydrogens is 677 g/mol. The molecular formula is C41H47F3N8O. The molecule has 3 aliphatic rings. The van der Waals surface area contributed by atoms with Gasteiger partial charge in [0.25, 0.3) is 5.92 Å². The minimum Gasteiger partial charge on any atom is -0.369 e. The maximum atomic E-state index is 15.7. The third kappa shape index (κ3) is 8.55. The van der Waals surface area contributed by atoms with Crippen molar-refractivity contribution in [2.45, 2.75) is 83.1 Å². The lowest BCUT2D eigenvalue weighted by molar-refractivity contribution is -0.0301. The van der Waals surface area contributed by atoms with Crippen molar-refractivity contribution in [3.05, 3.63) is 124 Å². The van der Waals surface area contributed by atoms with E-state index in [1.165, 1.54) is 11.0 Å². The summed E-state index contributed by atoms with van der Waals surface area (Å²) in [6.07, 6.45) is 13.1. The number of hydrogen-bond acceptors (Lipinski definition) is 8. The molecule has 1 aromatic carbocycles. The average Bonchev–Trinajstić information content (AvgIpc) is 4.01. The van der Waals surface area contributed by atoms with Crippen molar-refractivity contribution in [2.24, 2.45) is 5.73 Å². The number of nitrogens with two attached hydrogens (primary N) is 1. The molecule has 278 valence electrons. The van der Waals surface area contributed by atoms with E-state index >= 15 is 4.39 Å². The SMILES string of the molecule is Cc1ccc(N2CCC[C@H](N(Cc3ccncc3)Cc3cn(C4CC4)c4cc(N5CC[C@H](N)C(F)(F)C5)c(F)cc4c3=O)C2)cn1.Cc1ccccn1. The quantitative estimate of drug-likeness (QED) is 0.187. The number of piperidine rings is 2. The van der Waals surface area contributed by atoms with Crippen LogP contribution in [0, 0.1) is 19.7 Å². The molecule has 2 saturated heterocycles. The minimum atomic E-state index is -3.12. The Labute approximate surface area is 308 Å². The zero-order chi connectivity index (χ0) is 37.1. The van der Waals surface area contributed by atoms with Gasteiger partial charge in [-0.3, -0.25) is 24.6 Å². The predicted octanol–water partition coefficient (Wildman–Crippen LogP) is 6.81. The molecule has 6 heterocycles. The molecule has 3 fully saturated rings. The number of rotatable bonds is 8. The molecule has 0 radical (unpaired) electrons. The highest BCUT2D eigenvalue weighted by Gasteiger charge is 2.43. The molecule has 0 unspecified atom stereocenters. The summed E-state index contributed by atoms with van der Waals surface area (Å²) in [6, 6.07) is 15.9. The van der Waals surface area contributed by atoms with Gasteiger partial charge in [-0.25, -0.2) is 13.2 Å². The number of fused-ring (bicyclic) bond motifs is 1. The Hall–Kier alpha value is -4.81. The molecule has 2 aliphatic heterocycles. The van der Waals surface area contributed by atoms with E-state index in [0.717, 1.165) is 61.4 Å². The smallest absolute Gasteiger partial charge is 0.280 e. The molecule has 8 rings (SSSR count). The zero-order valence-electron chi connectivity index (χ0n) is 30.3. The molecule has 1 aliphatic carbocycles. The molecule has 12 heteroatoms. The predicted molar refractivity (Wildman–Crippen MR) is 203 cm³/mol. The Kier molecular flexibility index (Phi) is 10.8. The third-order valence-electron chi connectivity index (χ3n) is 10.6. The van der Waals surface area contributed by atoms with E-state index in [9.17, 15) is 13.6 Å². The Bertz CT molecular complexity index is 2060. The molecule has 1 saturated carbocycles. The van der Waals surface area contributed by atoms with Crippen LogP contribution in [-0.2, 0) is 13.1 Å². The normalized spacial score (nSPS) is 20.0. The Morgan fingerprint density at radius 2 is 1.70 bits per heavy atom. The number of aromatic nitrogens is 4. The fraction of sp³-hybridized carbons (Fsp3) is 0.415. The highest BCUT2D eigenvalue weighted by Crippen LogP contribution is 2.39. The van der Waals surface area contributed by atoms with Crippen LogP contribution in [0.5, 0.6) is 0 Å². The summed E-state index contributed by atoms with van der Waals surface area (Å²) < 4.78 is 46.8. The molecule has 2 N–H and O–H groups in total. The molecule has 0 amide bonds. The fourth-order valence-electron chi connectivity index (χ4n) is 7.43. The summed E-state index contributed by atoms with van der Waals surface area (Å²) in [6.45, 7) is 6.29. The molecule has 0 bridgehead atoms. The number of pyridine rings is 4. The Morgan fingerprint density at radius 1 is 0.906 bits per heavy atom. The van der Waals surface area contributed by atoms with Crippen LogP contribution in [0.2, 0.25) is 0 Å². The highest BCUT2D eigenvalue weighted by atomic mass is 19.3. The van der Waals surface area contributed by atoms with Crippen molar-refractivity contribution in [3.63, 3.8) is 0 Å². The van der Waals surface area contributed by atoms with Crippen molar-refractivity contribution in [2.75, 3.05) is 36.0 Å². The maximum Gasteiger partial charge on any atom is 0.280 e. The second-order valence-electron chi connectivity index (χ2n) is 14.7. The van der Waals surface area contributed by atoms with Crippen LogP contribution in [0.25, 0.3) is 10.9 Å². The fourth-order valence-corrected chi connectivity index (χ4v) is 7.43. The first-order chi connectivity index (χ1) is 25.6.